The molecule has 128 valence electrons. The summed E-state index contributed by atoms with van der Waals surface area (Å²) >= 11 is 0. The highest BCUT2D eigenvalue weighted by molar-refractivity contribution is 5.96. The van der Waals surface area contributed by atoms with E-state index in [9.17, 15) is 9.59 Å². The van der Waals surface area contributed by atoms with E-state index in [-0.39, 0.29) is 30.4 Å². The number of hydrogen-bond donors (Lipinski definition) is 0. The molecule has 1 aliphatic heterocycles. The summed E-state index contributed by atoms with van der Waals surface area (Å²) in [5.74, 6) is 0.269. The third kappa shape index (κ3) is 2.83. The lowest BCUT2D eigenvalue weighted by Gasteiger charge is -2.44. The van der Waals surface area contributed by atoms with Gasteiger partial charge in [0.25, 0.3) is 5.91 Å². The number of aryl methyl sites for hydroxylation is 1. The molecule has 0 bridgehead atoms. The SMILES string of the molecule is Cc1ccc(C2C(=O)N(C3CCCCC3)CC(=O)N2C2CC2)cc1. The van der Waals surface area contributed by atoms with E-state index in [0.29, 0.717) is 0 Å². The Hall–Kier alpha value is -1.84. The Balaban J connectivity index is 1.66. The van der Waals surface area contributed by atoms with Crippen LogP contribution in [0.4, 0.5) is 0 Å². The van der Waals surface area contributed by atoms with E-state index in [0.717, 1.165) is 31.2 Å². The second-order valence-electron chi connectivity index (χ2n) is 7.60. The van der Waals surface area contributed by atoms with Crippen molar-refractivity contribution < 1.29 is 9.59 Å². The predicted molar refractivity (Wildman–Crippen MR) is 92.4 cm³/mol. The number of rotatable bonds is 3. The van der Waals surface area contributed by atoms with Gasteiger partial charge < -0.3 is 9.80 Å². The first-order chi connectivity index (χ1) is 11.6. The minimum absolute atomic E-state index is 0.133. The maximum Gasteiger partial charge on any atom is 0.250 e. The van der Waals surface area contributed by atoms with Crippen molar-refractivity contribution in [2.75, 3.05) is 6.54 Å². The van der Waals surface area contributed by atoms with E-state index in [4.69, 9.17) is 0 Å². The molecule has 1 unspecified atom stereocenters. The van der Waals surface area contributed by atoms with Crippen molar-refractivity contribution in [1.82, 2.24) is 9.80 Å². The molecule has 24 heavy (non-hydrogen) atoms. The van der Waals surface area contributed by atoms with Gasteiger partial charge in [0.05, 0.1) is 0 Å². The highest BCUT2D eigenvalue weighted by Crippen LogP contribution is 2.39. The van der Waals surface area contributed by atoms with Crippen LogP contribution in [0.3, 0.4) is 0 Å². The fraction of sp³-hybridized carbons (Fsp3) is 0.600. The topological polar surface area (TPSA) is 40.6 Å². The van der Waals surface area contributed by atoms with Gasteiger partial charge in [-0.25, -0.2) is 0 Å². The fourth-order valence-electron chi connectivity index (χ4n) is 4.25. The average molecular weight is 326 g/mol. The van der Waals surface area contributed by atoms with Crippen molar-refractivity contribution in [3.05, 3.63) is 35.4 Å². The molecule has 1 aromatic rings. The van der Waals surface area contributed by atoms with Gasteiger partial charge in [0.15, 0.2) is 0 Å². The van der Waals surface area contributed by atoms with Crippen LogP contribution in [0.1, 0.15) is 62.1 Å². The largest absolute Gasteiger partial charge is 0.328 e. The number of hydrogen-bond acceptors (Lipinski definition) is 2. The standard InChI is InChI=1S/C20H26N2O2/c1-14-7-9-15(10-8-14)19-20(24)21(16-5-3-2-4-6-16)13-18(23)22(19)17-11-12-17/h7-10,16-17,19H,2-6,11-13H2,1H3. The number of nitrogens with zero attached hydrogens (tertiary/aromatic N) is 2. The molecule has 1 saturated heterocycles. The molecule has 3 fully saturated rings. The van der Waals surface area contributed by atoms with E-state index >= 15 is 0 Å². The molecule has 1 atom stereocenters. The molecule has 1 heterocycles. The smallest absolute Gasteiger partial charge is 0.250 e. The van der Waals surface area contributed by atoms with Crippen LogP contribution < -0.4 is 0 Å². The summed E-state index contributed by atoms with van der Waals surface area (Å²) in [6, 6.07) is 8.22. The molecule has 2 aliphatic carbocycles. The third-order valence-corrected chi connectivity index (χ3v) is 5.74. The van der Waals surface area contributed by atoms with Crippen LogP contribution in [0.15, 0.2) is 24.3 Å². The van der Waals surface area contributed by atoms with Crippen LogP contribution in [0.5, 0.6) is 0 Å². The summed E-state index contributed by atoms with van der Waals surface area (Å²) in [6.45, 7) is 2.33. The lowest BCUT2D eigenvalue weighted by molar-refractivity contribution is -0.159. The van der Waals surface area contributed by atoms with Gasteiger partial charge >= 0.3 is 0 Å². The first-order valence-electron chi connectivity index (χ1n) is 9.33. The van der Waals surface area contributed by atoms with Crippen molar-refractivity contribution in [3.8, 4) is 0 Å². The van der Waals surface area contributed by atoms with Crippen LogP contribution in [0.2, 0.25) is 0 Å². The first kappa shape index (κ1) is 15.7. The maximum absolute atomic E-state index is 13.3. The first-order valence-corrected chi connectivity index (χ1v) is 9.33. The van der Waals surface area contributed by atoms with Gasteiger partial charge in [0.1, 0.15) is 12.6 Å². The number of carbonyl (C=O) groups excluding carboxylic acids is 2. The van der Waals surface area contributed by atoms with Gasteiger partial charge in [-0.15, -0.1) is 0 Å². The summed E-state index contributed by atoms with van der Waals surface area (Å²) in [4.78, 5) is 30.0. The summed E-state index contributed by atoms with van der Waals surface area (Å²) in [5.41, 5.74) is 2.14. The quantitative estimate of drug-likeness (QED) is 0.856. The Labute approximate surface area is 143 Å². The van der Waals surface area contributed by atoms with E-state index in [1.165, 1.54) is 24.8 Å². The van der Waals surface area contributed by atoms with Crippen molar-refractivity contribution in [2.24, 2.45) is 0 Å². The lowest BCUT2D eigenvalue weighted by Crippen LogP contribution is -2.59. The van der Waals surface area contributed by atoms with E-state index in [2.05, 4.69) is 0 Å². The Bertz CT molecular complexity index is 630. The summed E-state index contributed by atoms with van der Waals surface area (Å²) in [5, 5.41) is 0. The number of amides is 2. The Morgan fingerprint density at radius 3 is 2.17 bits per heavy atom. The van der Waals surface area contributed by atoms with Crippen molar-refractivity contribution in [1.29, 1.82) is 0 Å². The van der Waals surface area contributed by atoms with Gasteiger partial charge in [0.2, 0.25) is 5.91 Å². The molecule has 0 N–H and O–H groups in total. The molecule has 0 radical (unpaired) electrons. The number of benzene rings is 1. The molecule has 2 amide bonds. The molecule has 0 spiro atoms. The van der Waals surface area contributed by atoms with Gasteiger partial charge in [-0.3, -0.25) is 9.59 Å². The molecule has 1 aromatic carbocycles. The summed E-state index contributed by atoms with van der Waals surface area (Å²) in [6.07, 6.45) is 7.75. The van der Waals surface area contributed by atoms with Crippen molar-refractivity contribution in [2.45, 2.75) is 70.0 Å². The zero-order valence-corrected chi connectivity index (χ0v) is 14.4. The monoisotopic (exact) mass is 326 g/mol. The molecule has 3 aliphatic rings. The van der Waals surface area contributed by atoms with Crippen LogP contribution in [-0.2, 0) is 9.59 Å². The highest BCUT2D eigenvalue weighted by atomic mass is 16.2. The van der Waals surface area contributed by atoms with Gasteiger partial charge in [-0.2, -0.15) is 0 Å². The minimum Gasteiger partial charge on any atom is -0.328 e. The molecule has 2 saturated carbocycles. The van der Waals surface area contributed by atoms with Crippen molar-refractivity contribution in [3.63, 3.8) is 0 Å². The maximum atomic E-state index is 13.3. The number of piperazine rings is 1. The normalized spacial score (nSPS) is 26.1. The lowest BCUT2D eigenvalue weighted by atomic mass is 9.91. The second-order valence-corrected chi connectivity index (χ2v) is 7.60. The van der Waals surface area contributed by atoms with Crippen LogP contribution in [0, 0.1) is 6.92 Å². The van der Waals surface area contributed by atoms with E-state index in [1.807, 2.05) is 41.0 Å². The van der Waals surface area contributed by atoms with Crippen molar-refractivity contribution >= 4 is 11.8 Å². The van der Waals surface area contributed by atoms with Crippen LogP contribution >= 0.6 is 0 Å². The second kappa shape index (κ2) is 6.23. The Kier molecular flexibility index (Phi) is 4.07. The highest BCUT2D eigenvalue weighted by Gasteiger charge is 2.48. The van der Waals surface area contributed by atoms with Crippen LogP contribution in [-0.4, -0.2) is 40.2 Å². The fourth-order valence-corrected chi connectivity index (χ4v) is 4.25. The Morgan fingerprint density at radius 2 is 1.54 bits per heavy atom. The van der Waals surface area contributed by atoms with E-state index in [1.54, 1.807) is 0 Å². The molecular weight excluding hydrogens is 300 g/mol. The van der Waals surface area contributed by atoms with Gasteiger partial charge in [-0.1, -0.05) is 49.1 Å². The molecule has 4 nitrogen and oxygen atoms in total. The summed E-state index contributed by atoms with van der Waals surface area (Å²) < 4.78 is 0. The molecular formula is C20H26N2O2. The molecule has 0 aromatic heterocycles. The Morgan fingerprint density at radius 1 is 0.875 bits per heavy atom. The third-order valence-electron chi connectivity index (χ3n) is 5.74. The van der Waals surface area contributed by atoms with Gasteiger partial charge in [0, 0.05) is 12.1 Å². The average Bonchev–Trinajstić information content (AvgIpc) is 3.43. The zero-order chi connectivity index (χ0) is 16.7. The van der Waals surface area contributed by atoms with Gasteiger partial charge in [-0.05, 0) is 38.2 Å². The number of carbonyl (C=O) groups is 2. The van der Waals surface area contributed by atoms with Crippen LogP contribution in [0.25, 0.3) is 0 Å². The minimum atomic E-state index is -0.415. The molecule has 4 rings (SSSR count). The van der Waals surface area contributed by atoms with E-state index < -0.39 is 6.04 Å². The summed E-state index contributed by atoms with van der Waals surface area (Å²) in [7, 11) is 0. The zero-order valence-electron chi connectivity index (χ0n) is 14.4. The predicted octanol–water partition coefficient (Wildman–Crippen LogP) is 3.20. The molecule has 4 heteroatoms.